The second-order valence-corrected chi connectivity index (χ2v) is 5.66. The minimum Gasteiger partial charge on any atom is -0.406 e. The van der Waals surface area contributed by atoms with Crippen LogP contribution < -0.4 is 4.74 Å². The van der Waals surface area contributed by atoms with Gasteiger partial charge < -0.3 is 4.74 Å². The SMILES string of the molecule is FC(F)(F)Oc1ccc(CC(CCl)C2CCCC2)cc1. The molecular formula is C15H18ClF3O. The van der Waals surface area contributed by atoms with Gasteiger partial charge in [0.25, 0.3) is 0 Å². The molecule has 1 aliphatic carbocycles. The van der Waals surface area contributed by atoms with E-state index < -0.39 is 6.36 Å². The number of hydrogen-bond donors (Lipinski definition) is 0. The van der Waals surface area contributed by atoms with E-state index in [0.717, 1.165) is 12.0 Å². The van der Waals surface area contributed by atoms with Gasteiger partial charge in [0.05, 0.1) is 0 Å². The molecule has 0 spiro atoms. The molecule has 0 amide bonds. The molecule has 1 unspecified atom stereocenters. The summed E-state index contributed by atoms with van der Waals surface area (Å²) in [5.74, 6) is 1.49. The Morgan fingerprint density at radius 1 is 1.15 bits per heavy atom. The van der Waals surface area contributed by atoms with Crippen LogP contribution in [0.4, 0.5) is 13.2 Å². The van der Waals surface area contributed by atoms with E-state index >= 15 is 0 Å². The second kappa shape index (κ2) is 6.70. The Kier molecular flexibility index (Phi) is 5.19. The van der Waals surface area contributed by atoms with Gasteiger partial charge in [-0.15, -0.1) is 24.8 Å². The molecule has 0 aliphatic heterocycles. The summed E-state index contributed by atoms with van der Waals surface area (Å²) in [4.78, 5) is 0. The maximum Gasteiger partial charge on any atom is 0.573 e. The predicted octanol–water partition coefficient (Wildman–Crippen LogP) is 5.17. The van der Waals surface area contributed by atoms with E-state index in [1.807, 2.05) is 0 Å². The van der Waals surface area contributed by atoms with Gasteiger partial charge in [0.15, 0.2) is 0 Å². The molecule has 0 bridgehead atoms. The first-order chi connectivity index (χ1) is 9.48. The molecule has 1 nitrogen and oxygen atoms in total. The third-order valence-electron chi connectivity index (χ3n) is 3.92. The first-order valence-corrected chi connectivity index (χ1v) is 7.42. The van der Waals surface area contributed by atoms with E-state index in [4.69, 9.17) is 11.6 Å². The van der Waals surface area contributed by atoms with Crippen LogP contribution in [0.25, 0.3) is 0 Å². The summed E-state index contributed by atoms with van der Waals surface area (Å²) in [6.07, 6.45) is 1.14. The van der Waals surface area contributed by atoms with Crippen molar-refractivity contribution >= 4 is 11.6 Å². The standard InChI is InChI=1S/C15H18ClF3O/c16-10-13(12-3-1-2-4-12)9-11-5-7-14(8-6-11)20-15(17,18)19/h5-8,12-13H,1-4,9-10H2. The van der Waals surface area contributed by atoms with Gasteiger partial charge in [0, 0.05) is 5.88 Å². The Bertz CT molecular complexity index is 410. The van der Waals surface area contributed by atoms with Gasteiger partial charge in [0.1, 0.15) is 5.75 Å². The van der Waals surface area contributed by atoms with Crippen LogP contribution >= 0.6 is 11.6 Å². The van der Waals surface area contributed by atoms with Crippen molar-refractivity contribution in [2.45, 2.75) is 38.5 Å². The van der Waals surface area contributed by atoms with Gasteiger partial charge in [-0.1, -0.05) is 37.8 Å². The van der Waals surface area contributed by atoms with Crippen LogP contribution in [0.15, 0.2) is 24.3 Å². The van der Waals surface area contributed by atoms with Crippen LogP contribution in [0, 0.1) is 11.8 Å². The number of halogens is 4. The Morgan fingerprint density at radius 3 is 2.25 bits per heavy atom. The minimum atomic E-state index is -4.63. The maximum absolute atomic E-state index is 12.1. The molecule has 0 radical (unpaired) electrons. The molecule has 1 saturated carbocycles. The van der Waals surface area contributed by atoms with E-state index in [2.05, 4.69) is 4.74 Å². The molecule has 20 heavy (non-hydrogen) atoms. The van der Waals surface area contributed by atoms with Crippen LogP contribution in [0.5, 0.6) is 5.75 Å². The lowest BCUT2D eigenvalue weighted by Gasteiger charge is -2.21. The Hall–Kier alpha value is -0.900. The molecule has 0 saturated heterocycles. The van der Waals surface area contributed by atoms with Crippen LogP contribution in [0.1, 0.15) is 31.2 Å². The topological polar surface area (TPSA) is 9.23 Å². The number of ether oxygens (including phenoxy) is 1. The zero-order valence-electron chi connectivity index (χ0n) is 11.1. The van der Waals surface area contributed by atoms with Crippen molar-refractivity contribution in [2.24, 2.45) is 11.8 Å². The summed E-state index contributed by atoms with van der Waals surface area (Å²) in [7, 11) is 0. The summed E-state index contributed by atoms with van der Waals surface area (Å²) in [5, 5.41) is 0. The molecule has 2 rings (SSSR count). The molecule has 112 valence electrons. The first-order valence-electron chi connectivity index (χ1n) is 6.88. The van der Waals surface area contributed by atoms with Crippen molar-refractivity contribution in [3.05, 3.63) is 29.8 Å². The highest BCUT2D eigenvalue weighted by Gasteiger charge is 2.31. The lowest BCUT2D eigenvalue weighted by atomic mass is 9.87. The van der Waals surface area contributed by atoms with Crippen LogP contribution in [0.2, 0.25) is 0 Å². The summed E-state index contributed by atoms with van der Waals surface area (Å²) in [6, 6.07) is 6.11. The maximum atomic E-state index is 12.1. The quantitative estimate of drug-likeness (QED) is 0.682. The Morgan fingerprint density at radius 2 is 1.75 bits per heavy atom. The van der Waals surface area contributed by atoms with E-state index in [1.165, 1.54) is 37.8 Å². The van der Waals surface area contributed by atoms with Crippen molar-refractivity contribution < 1.29 is 17.9 Å². The number of hydrogen-bond acceptors (Lipinski definition) is 1. The first kappa shape index (κ1) is 15.5. The molecule has 1 atom stereocenters. The normalized spacial score (nSPS) is 18.2. The van der Waals surface area contributed by atoms with Crippen molar-refractivity contribution in [2.75, 3.05) is 5.88 Å². The average Bonchev–Trinajstić information content (AvgIpc) is 2.90. The lowest BCUT2D eigenvalue weighted by molar-refractivity contribution is -0.274. The number of rotatable bonds is 5. The highest BCUT2D eigenvalue weighted by atomic mass is 35.5. The molecule has 0 N–H and O–H groups in total. The highest BCUT2D eigenvalue weighted by molar-refractivity contribution is 6.18. The fourth-order valence-corrected chi connectivity index (χ4v) is 3.27. The fraction of sp³-hybridized carbons (Fsp3) is 0.600. The zero-order valence-corrected chi connectivity index (χ0v) is 11.9. The van der Waals surface area contributed by atoms with Crippen molar-refractivity contribution in [1.29, 1.82) is 0 Å². The third kappa shape index (κ3) is 4.58. The van der Waals surface area contributed by atoms with Gasteiger partial charge in [-0.3, -0.25) is 0 Å². The van der Waals surface area contributed by atoms with Gasteiger partial charge in [-0.05, 0) is 36.0 Å². The summed E-state index contributed by atoms with van der Waals surface area (Å²) in [5.41, 5.74) is 1.01. The molecule has 1 aromatic rings. The molecular weight excluding hydrogens is 289 g/mol. The van der Waals surface area contributed by atoms with Crippen LogP contribution in [0.3, 0.4) is 0 Å². The lowest BCUT2D eigenvalue weighted by Crippen LogP contribution is -2.17. The zero-order chi connectivity index (χ0) is 14.6. The second-order valence-electron chi connectivity index (χ2n) is 5.35. The summed E-state index contributed by atoms with van der Waals surface area (Å²) >= 11 is 6.04. The third-order valence-corrected chi connectivity index (χ3v) is 4.32. The monoisotopic (exact) mass is 306 g/mol. The summed E-state index contributed by atoms with van der Waals surface area (Å²) in [6.45, 7) is 0. The van der Waals surface area contributed by atoms with E-state index in [0.29, 0.717) is 17.7 Å². The molecule has 0 aromatic heterocycles. The van der Waals surface area contributed by atoms with Gasteiger partial charge in [-0.25, -0.2) is 0 Å². The molecule has 1 fully saturated rings. The largest absolute Gasteiger partial charge is 0.573 e. The average molecular weight is 307 g/mol. The molecule has 1 aliphatic rings. The Labute approximate surface area is 122 Å². The minimum absolute atomic E-state index is 0.176. The smallest absolute Gasteiger partial charge is 0.406 e. The van der Waals surface area contributed by atoms with Crippen molar-refractivity contribution in [3.63, 3.8) is 0 Å². The van der Waals surface area contributed by atoms with Crippen LogP contribution in [-0.4, -0.2) is 12.2 Å². The van der Waals surface area contributed by atoms with Gasteiger partial charge in [-0.2, -0.15) is 0 Å². The van der Waals surface area contributed by atoms with E-state index in [9.17, 15) is 13.2 Å². The van der Waals surface area contributed by atoms with Gasteiger partial charge >= 0.3 is 6.36 Å². The number of benzene rings is 1. The van der Waals surface area contributed by atoms with Crippen molar-refractivity contribution in [1.82, 2.24) is 0 Å². The summed E-state index contributed by atoms with van der Waals surface area (Å²) < 4.78 is 40.1. The van der Waals surface area contributed by atoms with Crippen LogP contribution in [-0.2, 0) is 6.42 Å². The fourth-order valence-electron chi connectivity index (χ4n) is 2.91. The number of alkyl halides is 4. The van der Waals surface area contributed by atoms with Gasteiger partial charge in [0.2, 0.25) is 0 Å². The van der Waals surface area contributed by atoms with E-state index in [1.54, 1.807) is 12.1 Å². The molecule has 0 heterocycles. The predicted molar refractivity (Wildman–Crippen MR) is 73.0 cm³/mol. The Balaban J connectivity index is 1.95. The van der Waals surface area contributed by atoms with E-state index in [-0.39, 0.29) is 5.75 Å². The molecule has 5 heteroatoms. The molecule has 1 aromatic carbocycles. The van der Waals surface area contributed by atoms with Crippen molar-refractivity contribution in [3.8, 4) is 5.75 Å². The highest BCUT2D eigenvalue weighted by Crippen LogP contribution is 2.34.